The van der Waals surface area contributed by atoms with Crippen LogP contribution >= 0.6 is 0 Å². The molecule has 3 nitrogen and oxygen atoms in total. The molecule has 1 aliphatic carbocycles. The quantitative estimate of drug-likeness (QED) is 0.755. The lowest BCUT2D eigenvalue weighted by Gasteiger charge is -2.06. The van der Waals surface area contributed by atoms with E-state index in [9.17, 15) is 0 Å². The number of hydrogen-bond acceptors (Lipinski definition) is 3. The second-order valence-corrected chi connectivity index (χ2v) is 4.01. The molecule has 0 bridgehead atoms. The molecule has 0 radical (unpaired) electrons. The highest BCUT2D eigenvalue weighted by molar-refractivity contribution is 5.17. The second-order valence-electron chi connectivity index (χ2n) is 4.01. The Hall–Kier alpha value is -0.960. The maximum atomic E-state index is 4.38. The summed E-state index contributed by atoms with van der Waals surface area (Å²) in [5, 5.41) is 3.08. The van der Waals surface area contributed by atoms with Crippen molar-refractivity contribution in [2.24, 2.45) is 0 Å². The Morgan fingerprint density at radius 1 is 1.38 bits per heavy atom. The first kappa shape index (κ1) is 8.63. The first-order valence-electron chi connectivity index (χ1n) is 4.71. The van der Waals surface area contributed by atoms with Crippen LogP contribution in [0.5, 0.6) is 0 Å². The SMILES string of the molecule is CNCc1cnc(C2(C)CC2)nc1. The number of aromatic nitrogens is 2. The summed E-state index contributed by atoms with van der Waals surface area (Å²) in [5.74, 6) is 1.01. The van der Waals surface area contributed by atoms with Crippen molar-refractivity contribution in [3.63, 3.8) is 0 Å². The standard InChI is InChI=1S/C10H15N3/c1-10(3-4-10)9-12-6-8(5-11-2)7-13-9/h6-7,11H,3-5H2,1-2H3. The highest BCUT2D eigenvalue weighted by Crippen LogP contribution is 2.45. The van der Waals surface area contributed by atoms with Crippen LogP contribution in [0, 0.1) is 0 Å². The third-order valence-corrected chi connectivity index (χ3v) is 2.63. The average Bonchev–Trinajstić information content (AvgIpc) is 2.87. The number of nitrogens with zero attached hydrogens (tertiary/aromatic N) is 2. The van der Waals surface area contributed by atoms with Crippen LogP contribution in [0.25, 0.3) is 0 Å². The molecule has 0 atom stereocenters. The third-order valence-electron chi connectivity index (χ3n) is 2.63. The molecule has 1 heterocycles. The van der Waals surface area contributed by atoms with Gasteiger partial charge >= 0.3 is 0 Å². The molecule has 0 unspecified atom stereocenters. The van der Waals surface area contributed by atoms with Gasteiger partial charge in [-0.2, -0.15) is 0 Å². The van der Waals surface area contributed by atoms with Gasteiger partial charge in [-0.3, -0.25) is 0 Å². The van der Waals surface area contributed by atoms with Crippen molar-refractivity contribution in [1.29, 1.82) is 0 Å². The summed E-state index contributed by atoms with van der Waals surface area (Å²) in [6, 6.07) is 0. The second kappa shape index (κ2) is 3.07. The van der Waals surface area contributed by atoms with Crippen molar-refractivity contribution in [3.05, 3.63) is 23.8 Å². The van der Waals surface area contributed by atoms with E-state index in [1.54, 1.807) is 0 Å². The zero-order valence-corrected chi connectivity index (χ0v) is 8.17. The zero-order chi connectivity index (χ0) is 9.31. The Balaban J connectivity index is 2.14. The molecule has 0 aromatic carbocycles. The Bertz CT molecular complexity index is 288. The maximum Gasteiger partial charge on any atom is 0.134 e. The van der Waals surface area contributed by atoms with Gasteiger partial charge in [0.1, 0.15) is 5.82 Å². The summed E-state index contributed by atoms with van der Waals surface area (Å²) in [5.41, 5.74) is 1.44. The number of nitrogens with one attached hydrogen (secondary N) is 1. The van der Waals surface area contributed by atoms with Gasteiger partial charge in [-0.15, -0.1) is 0 Å². The predicted molar refractivity (Wildman–Crippen MR) is 51.4 cm³/mol. The van der Waals surface area contributed by atoms with E-state index in [0.717, 1.165) is 17.9 Å². The molecular formula is C10H15N3. The molecule has 2 rings (SSSR count). The van der Waals surface area contributed by atoms with Crippen molar-refractivity contribution in [3.8, 4) is 0 Å². The van der Waals surface area contributed by atoms with E-state index < -0.39 is 0 Å². The Kier molecular flexibility index (Phi) is 2.04. The van der Waals surface area contributed by atoms with Gasteiger partial charge < -0.3 is 5.32 Å². The van der Waals surface area contributed by atoms with E-state index in [4.69, 9.17) is 0 Å². The summed E-state index contributed by atoms with van der Waals surface area (Å²) >= 11 is 0. The summed E-state index contributed by atoms with van der Waals surface area (Å²) in [7, 11) is 1.93. The van der Waals surface area contributed by atoms with Crippen LogP contribution in [0.1, 0.15) is 31.2 Å². The Morgan fingerprint density at radius 2 is 2.00 bits per heavy atom. The lowest BCUT2D eigenvalue weighted by molar-refractivity contribution is 0.698. The fourth-order valence-corrected chi connectivity index (χ4v) is 1.37. The lowest BCUT2D eigenvalue weighted by atomic mass is 10.1. The van der Waals surface area contributed by atoms with Crippen molar-refractivity contribution < 1.29 is 0 Å². The molecule has 1 fully saturated rings. The molecule has 0 saturated heterocycles. The van der Waals surface area contributed by atoms with Crippen molar-refractivity contribution in [2.75, 3.05) is 7.05 Å². The largest absolute Gasteiger partial charge is 0.316 e. The normalized spacial score (nSPS) is 18.6. The monoisotopic (exact) mass is 177 g/mol. The van der Waals surface area contributed by atoms with Gasteiger partial charge in [0.05, 0.1) is 0 Å². The van der Waals surface area contributed by atoms with Crippen molar-refractivity contribution in [1.82, 2.24) is 15.3 Å². The minimum atomic E-state index is 0.290. The third kappa shape index (κ3) is 1.70. The summed E-state index contributed by atoms with van der Waals surface area (Å²) < 4.78 is 0. The average molecular weight is 177 g/mol. The first-order chi connectivity index (χ1) is 6.24. The van der Waals surface area contributed by atoms with Crippen LogP contribution in [0.2, 0.25) is 0 Å². The molecule has 1 saturated carbocycles. The molecule has 13 heavy (non-hydrogen) atoms. The zero-order valence-electron chi connectivity index (χ0n) is 8.17. The van der Waals surface area contributed by atoms with Gasteiger partial charge in [-0.05, 0) is 19.9 Å². The van der Waals surface area contributed by atoms with E-state index in [1.165, 1.54) is 12.8 Å². The Morgan fingerprint density at radius 3 is 2.46 bits per heavy atom. The minimum absolute atomic E-state index is 0.290. The summed E-state index contributed by atoms with van der Waals surface area (Å²) in [6.45, 7) is 3.07. The van der Waals surface area contributed by atoms with Crippen molar-refractivity contribution >= 4 is 0 Å². The molecule has 1 aromatic rings. The van der Waals surface area contributed by atoms with Crippen LogP contribution in [0.3, 0.4) is 0 Å². The molecule has 70 valence electrons. The highest BCUT2D eigenvalue weighted by atomic mass is 14.9. The topological polar surface area (TPSA) is 37.8 Å². The molecule has 0 aliphatic heterocycles. The molecule has 3 heteroatoms. The molecule has 1 N–H and O–H groups in total. The lowest BCUT2D eigenvalue weighted by Crippen LogP contribution is -2.10. The van der Waals surface area contributed by atoms with Crippen LogP contribution in [0.4, 0.5) is 0 Å². The van der Waals surface area contributed by atoms with Gasteiger partial charge in [0.2, 0.25) is 0 Å². The van der Waals surface area contributed by atoms with Gasteiger partial charge in [-0.25, -0.2) is 9.97 Å². The van der Waals surface area contributed by atoms with Gasteiger partial charge in [-0.1, -0.05) is 6.92 Å². The van der Waals surface area contributed by atoms with E-state index in [0.29, 0.717) is 0 Å². The van der Waals surface area contributed by atoms with Gasteiger partial charge in [0, 0.05) is 29.9 Å². The summed E-state index contributed by atoms with van der Waals surface area (Å²) in [4.78, 5) is 8.76. The maximum absolute atomic E-state index is 4.38. The van der Waals surface area contributed by atoms with E-state index in [1.807, 2.05) is 19.4 Å². The summed E-state index contributed by atoms with van der Waals surface area (Å²) in [6.07, 6.45) is 6.31. The van der Waals surface area contributed by atoms with Crippen LogP contribution in [0.15, 0.2) is 12.4 Å². The highest BCUT2D eigenvalue weighted by Gasteiger charge is 2.41. The predicted octanol–water partition coefficient (Wildman–Crippen LogP) is 1.25. The fraction of sp³-hybridized carbons (Fsp3) is 0.600. The van der Waals surface area contributed by atoms with Crippen LogP contribution in [-0.2, 0) is 12.0 Å². The smallest absolute Gasteiger partial charge is 0.134 e. The van der Waals surface area contributed by atoms with Crippen molar-refractivity contribution in [2.45, 2.75) is 31.7 Å². The van der Waals surface area contributed by atoms with E-state index in [-0.39, 0.29) is 5.41 Å². The van der Waals surface area contributed by atoms with E-state index in [2.05, 4.69) is 22.2 Å². The molecule has 0 amide bonds. The molecule has 1 aliphatic rings. The number of hydrogen-bond donors (Lipinski definition) is 1. The minimum Gasteiger partial charge on any atom is -0.316 e. The molecule has 0 spiro atoms. The van der Waals surface area contributed by atoms with Crippen LogP contribution < -0.4 is 5.32 Å². The molecular weight excluding hydrogens is 162 g/mol. The van der Waals surface area contributed by atoms with Gasteiger partial charge in [0.15, 0.2) is 0 Å². The fourth-order valence-electron chi connectivity index (χ4n) is 1.37. The Labute approximate surface area is 78.6 Å². The van der Waals surface area contributed by atoms with E-state index >= 15 is 0 Å². The molecule has 1 aromatic heterocycles. The first-order valence-corrected chi connectivity index (χ1v) is 4.71. The van der Waals surface area contributed by atoms with Gasteiger partial charge in [0.25, 0.3) is 0 Å². The number of rotatable bonds is 3. The van der Waals surface area contributed by atoms with Crippen LogP contribution in [-0.4, -0.2) is 17.0 Å².